The van der Waals surface area contributed by atoms with Gasteiger partial charge in [0.25, 0.3) is 5.79 Å². The first kappa shape index (κ1) is 98.1. The van der Waals surface area contributed by atoms with Crippen LogP contribution in [0.1, 0.15) is 342 Å². The van der Waals surface area contributed by atoms with E-state index in [4.69, 9.17) is 28.4 Å². The molecule has 3 aliphatic heterocycles. The Hall–Kier alpha value is -3.05. The lowest BCUT2D eigenvalue weighted by Crippen LogP contribution is -2.70. The molecule has 0 aromatic rings. The van der Waals surface area contributed by atoms with E-state index in [1.807, 2.05) is 6.08 Å². The van der Waals surface area contributed by atoms with Gasteiger partial charge in [0.2, 0.25) is 11.8 Å². The van der Waals surface area contributed by atoms with Crippen LogP contribution in [0.25, 0.3) is 0 Å². The zero-order valence-corrected chi connectivity index (χ0v) is 66.5. The summed E-state index contributed by atoms with van der Waals surface area (Å²) in [4.78, 5) is 38.7. The Bertz CT molecular complexity index is 2270. The monoisotopic (exact) mass is 1530 g/mol. The van der Waals surface area contributed by atoms with E-state index < -0.39 is 155 Å². The lowest BCUT2D eigenvalue weighted by molar-refractivity contribution is -0.386. The summed E-state index contributed by atoms with van der Waals surface area (Å²) >= 11 is 0. The van der Waals surface area contributed by atoms with Crippen LogP contribution in [0.4, 0.5) is 0 Å². The first-order valence-electron chi connectivity index (χ1n) is 42.9. The van der Waals surface area contributed by atoms with E-state index in [-0.39, 0.29) is 12.3 Å². The molecule has 0 radical (unpaired) electrons. The van der Waals surface area contributed by atoms with Crippen LogP contribution in [0.15, 0.2) is 36.5 Å². The first-order valence-corrected chi connectivity index (χ1v) is 42.9. The minimum Gasteiger partial charge on any atom is -0.477 e. The number of aliphatic carboxylic acids is 1. The maximum atomic E-state index is 13.5. The van der Waals surface area contributed by atoms with Gasteiger partial charge in [-0.15, -0.1) is 0 Å². The number of amides is 2. The summed E-state index contributed by atoms with van der Waals surface area (Å²) in [5.41, 5.74) is 0. The number of allylic oxidation sites excluding steroid dienone is 5. The van der Waals surface area contributed by atoms with Crippen molar-refractivity contribution in [2.75, 3.05) is 26.4 Å². The Morgan fingerprint density at radius 2 is 0.907 bits per heavy atom. The fourth-order valence-electron chi connectivity index (χ4n) is 14.8. The largest absolute Gasteiger partial charge is 0.477 e. The molecule has 14 N–H and O–H groups in total. The van der Waals surface area contributed by atoms with E-state index >= 15 is 0 Å². The third kappa shape index (κ3) is 42.1. The maximum absolute atomic E-state index is 13.5. The second-order valence-corrected chi connectivity index (χ2v) is 31.0. The second-order valence-electron chi connectivity index (χ2n) is 31.0. The Balaban J connectivity index is 1.40. The summed E-state index contributed by atoms with van der Waals surface area (Å²) in [6, 6.07) is -2.62. The van der Waals surface area contributed by atoms with E-state index in [1.165, 1.54) is 244 Å². The van der Waals surface area contributed by atoms with Crippen molar-refractivity contribution in [1.82, 2.24) is 10.6 Å². The zero-order valence-electron chi connectivity index (χ0n) is 66.5. The van der Waals surface area contributed by atoms with Crippen LogP contribution >= 0.6 is 0 Å². The van der Waals surface area contributed by atoms with Crippen LogP contribution in [0, 0.1) is 0 Å². The van der Waals surface area contributed by atoms with Gasteiger partial charge in [0.1, 0.15) is 67.1 Å². The minimum absolute atomic E-state index is 0.201. The maximum Gasteiger partial charge on any atom is 0.364 e. The number of hydrogen-bond donors (Lipinski definition) is 14. The Labute approximate surface area is 644 Å². The fraction of sp³-hybridized carbons (Fsp3) is 0.893. The molecule has 23 heteroatoms. The molecule has 107 heavy (non-hydrogen) atoms. The predicted molar refractivity (Wildman–Crippen MR) is 417 cm³/mol. The summed E-state index contributed by atoms with van der Waals surface area (Å²) in [6.07, 6.45) is 43.7. The number of nitrogens with one attached hydrogen (secondary N) is 2. The average molecular weight is 1530 g/mol. The van der Waals surface area contributed by atoms with E-state index in [1.54, 1.807) is 6.08 Å². The highest BCUT2D eigenvalue weighted by Crippen LogP contribution is 2.39. The molecular weight excluding hydrogens is 1370 g/mol. The molecule has 2 amide bonds. The van der Waals surface area contributed by atoms with Gasteiger partial charge in [-0.25, -0.2) is 4.79 Å². The van der Waals surface area contributed by atoms with Gasteiger partial charge < -0.3 is 100 Å². The summed E-state index contributed by atoms with van der Waals surface area (Å²) in [5.74, 6) is -6.14. The Kier molecular flexibility index (Phi) is 57.2. The lowest BCUT2D eigenvalue weighted by atomic mass is 9.88. The number of aliphatic hydroxyl groups excluding tert-OH is 11. The van der Waals surface area contributed by atoms with Gasteiger partial charge in [0.15, 0.2) is 12.6 Å². The van der Waals surface area contributed by atoms with Gasteiger partial charge in [-0.3, -0.25) is 9.59 Å². The fourth-order valence-corrected chi connectivity index (χ4v) is 14.8. The van der Waals surface area contributed by atoms with Crippen LogP contribution in [-0.2, 0) is 42.8 Å². The van der Waals surface area contributed by atoms with Crippen LogP contribution in [0.2, 0.25) is 0 Å². The Morgan fingerprint density at radius 1 is 0.495 bits per heavy atom. The van der Waals surface area contributed by atoms with Crippen molar-refractivity contribution in [3.05, 3.63) is 36.5 Å². The van der Waals surface area contributed by atoms with Crippen molar-refractivity contribution in [2.45, 2.75) is 452 Å². The van der Waals surface area contributed by atoms with Gasteiger partial charge >= 0.3 is 5.97 Å². The zero-order chi connectivity index (χ0) is 78.1. The van der Waals surface area contributed by atoms with Crippen LogP contribution in [-0.4, -0.2) is 215 Å². The topological polar surface area (TPSA) is 373 Å². The van der Waals surface area contributed by atoms with Gasteiger partial charge in [0.05, 0.1) is 50.7 Å². The minimum atomic E-state index is -3.08. The van der Waals surface area contributed by atoms with Crippen LogP contribution < -0.4 is 10.6 Å². The SMILES string of the molecule is CCCCCCCCCCCCCC/C=C/C(O)C(COC1OC(CO)C(OC2OC(CO)C(O)C(OC3(C(=O)O)CC(O)C(NC(C)=O)C(C(O)C(O)CO)O3)C2O)C(O)C1O)NC(=O)CCCCCCCCCCCCCCCCCCC/C=C\C/C=C\CCCCCCCCCCCCCCCCC. The summed E-state index contributed by atoms with van der Waals surface area (Å²) < 4.78 is 34.9. The second kappa shape index (κ2) is 62.4. The molecule has 3 fully saturated rings. The highest BCUT2D eigenvalue weighted by molar-refractivity contribution is 5.77. The van der Waals surface area contributed by atoms with E-state index in [9.17, 15) is 75.7 Å². The predicted octanol–water partition coefficient (Wildman–Crippen LogP) is 12.5. The number of unbranched alkanes of at least 4 members (excludes halogenated alkanes) is 44. The molecule has 0 aliphatic carbocycles. The highest BCUT2D eigenvalue weighted by Gasteiger charge is 2.60. The molecule has 3 aliphatic rings. The van der Waals surface area contributed by atoms with Crippen molar-refractivity contribution in [3.63, 3.8) is 0 Å². The van der Waals surface area contributed by atoms with E-state index in [0.29, 0.717) is 12.8 Å². The number of carbonyl (C=O) groups is 3. The number of carbonyl (C=O) groups excluding carboxylic acids is 2. The van der Waals surface area contributed by atoms with E-state index in [2.05, 4.69) is 48.8 Å². The number of aliphatic hydroxyl groups is 11. The van der Waals surface area contributed by atoms with E-state index in [0.717, 1.165) is 58.3 Å². The molecule has 3 saturated heterocycles. The number of carboxylic acids is 1. The molecule has 23 nitrogen and oxygen atoms in total. The highest BCUT2D eigenvalue weighted by atomic mass is 16.8. The van der Waals surface area contributed by atoms with Crippen molar-refractivity contribution < 1.29 is 104 Å². The first-order chi connectivity index (χ1) is 51.9. The summed E-state index contributed by atoms with van der Waals surface area (Å²) in [7, 11) is 0. The van der Waals surface area contributed by atoms with Crippen molar-refractivity contribution in [1.29, 1.82) is 0 Å². The summed E-state index contributed by atoms with van der Waals surface area (Å²) in [6.45, 7) is 2.17. The number of hydrogen-bond acceptors (Lipinski definition) is 20. The summed E-state index contributed by atoms with van der Waals surface area (Å²) in [5, 5.41) is 136. The third-order valence-electron chi connectivity index (χ3n) is 21.6. The number of carboxylic acid groups (broad SMARTS) is 1. The van der Waals surface area contributed by atoms with Crippen molar-refractivity contribution in [3.8, 4) is 0 Å². The van der Waals surface area contributed by atoms with Crippen molar-refractivity contribution >= 4 is 17.8 Å². The standard InChI is InChI=1S/C84H154N2O21/c1-4-6-8-10-12-14-16-18-20-21-22-23-24-25-26-27-28-29-30-31-32-33-34-35-36-37-38-39-40-41-42-43-44-46-48-50-52-54-56-58-71(94)86-65(66(91)57-55-53-51-49-47-45-19-17-15-13-11-9-7-5-2)63-102-81-76(98)75(97)78(70(62-89)104-81)105-82-77(99)80(74(96)69(61-88)103-82)107-84(83(100)101)59-67(92)72(85-64(3)90)79(106-84)73(95)68(93)60-87/h28-29,31-32,55,57,65-70,72-82,87-89,91-93,95-99H,4-27,30,33-54,56,58-63H2,1-3H3,(H,85,90)(H,86,94)(H,100,101)/b29-28-,32-31-,57-55+. The average Bonchev–Trinajstić information content (AvgIpc) is 0.754. The van der Waals surface area contributed by atoms with Crippen LogP contribution in [0.5, 0.6) is 0 Å². The Morgan fingerprint density at radius 3 is 1.32 bits per heavy atom. The molecule has 18 atom stereocenters. The molecule has 626 valence electrons. The molecule has 3 heterocycles. The molecule has 0 spiro atoms. The van der Waals surface area contributed by atoms with Gasteiger partial charge in [0, 0.05) is 19.8 Å². The van der Waals surface area contributed by atoms with Gasteiger partial charge in [-0.2, -0.15) is 0 Å². The molecule has 0 aromatic carbocycles. The molecule has 0 bridgehead atoms. The molecule has 3 rings (SSSR count). The quantitative estimate of drug-likeness (QED) is 0.0199. The van der Waals surface area contributed by atoms with Gasteiger partial charge in [-0.05, 0) is 51.4 Å². The third-order valence-corrected chi connectivity index (χ3v) is 21.6. The van der Waals surface area contributed by atoms with Crippen molar-refractivity contribution in [2.24, 2.45) is 0 Å². The normalized spacial score (nSPS) is 26.1. The molecular formula is C84H154N2O21. The number of ether oxygens (including phenoxy) is 6. The molecule has 18 unspecified atom stereocenters. The van der Waals surface area contributed by atoms with Gasteiger partial charge in [-0.1, -0.05) is 307 Å². The number of rotatable bonds is 68. The molecule has 0 saturated carbocycles. The lowest BCUT2D eigenvalue weighted by Gasteiger charge is -2.50. The van der Waals surface area contributed by atoms with Crippen LogP contribution in [0.3, 0.4) is 0 Å². The smallest absolute Gasteiger partial charge is 0.364 e. The molecule has 0 aromatic heterocycles.